The number of rotatable bonds is 4. The number of para-hydroxylation sites is 1. The van der Waals surface area contributed by atoms with Crippen LogP contribution in [0.1, 0.15) is 30.2 Å². The third-order valence-electron chi connectivity index (χ3n) is 2.69. The van der Waals surface area contributed by atoms with E-state index in [-0.39, 0.29) is 23.0 Å². The molecule has 20 heavy (non-hydrogen) atoms. The van der Waals surface area contributed by atoms with E-state index in [9.17, 15) is 9.59 Å². The molecule has 0 fully saturated rings. The second-order valence-electron chi connectivity index (χ2n) is 4.40. The Labute approximate surface area is 118 Å². The number of benzene rings is 1. The number of nitrogen functional groups attached to an aromatic ring is 1. The van der Waals surface area contributed by atoms with Crippen LogP contribution in [-0.2, 0) is 0 Å². The number of carboxylic acids is 1. The highest BCUT2D eigenvalue weighted by Crippen LogP contribution is 2.32. The summed E-state index contributed by atoms with van der Waals surface area (Å²) in [7, 11) is 0. The number of hydrogen-bond donors (Lipinski definition) is 3. The molecule has 0 aliphatic heterocycles. The molecule has 0 aliphatic carbocycles. The van der Waals surface area contributed by atoms with Gasteiger partial charge in [-0.05, 0) is 37.7 Å². The molecule has 0 amide bonds. The average Bonchev–Trinajstić information content (AvgIpc) is 2.72. The van der Waals surface area contributed by atoms with Crippen LogP contribution in [0.3, 0.4) is 0 Å². The van der Waals surface area contributed by atoms with Crippen LogP contribution < -0.4 is 11.4 Å². The zero-order valence-electron chi connectivity index (χ0n) is 11.0. The lowest BCUT2D eigenvalue weighted by molar-refractivity contribution is 0.0698. The van der Waals surface area contributed by atoms with Crippen molar-refractivity contribution in [1.29, 1.82) is 0 Å². The Kier molecular flexibility index (Phi) is 3.84. The molecule has 0 unspecified atom stereocenters. The molecule has 2 aromatic rings. The third kappa shape index (κ3) is 2.55. The Bertz CT molecular complexity index is 705. The number of H-pyrrole nitrogens is 1. The fourth-order valence-corrected chi connectivity index (χ4v) is 2.78. The average molecular weight is 294 g/mol. The Hall–Kier alpha value is -2.22. The van der Waals surface area contributed by atoms with Crippen molar-refractivity contribution in [2.75, 3.05) is 5.73 Å². The van der Waals surface area contributed by atoms with Crippen LogP contribution in [-0.4, -0.2) is 25.8 Å². The Morgan fingerprint density at radius 3 is 2.80 bits per heavy atom. The van der Waals surface area contributed by atoms with Crippen molar-refractivity contribution in [1.82, 2.24) is 14.8 Å². The summed E-state index contributed by atoms with van der Waals surface area (Å²) in [6.07, 6.45) is 0. The minimum Gasteiger partial charge on any atom is -0.478 e. The van der Waals surface area contributed by atoms with E-state index >= 15 is 0 Å². The fraction of sp³-hybridized carbons (Fsp3) is 0.250. The third-order valence-corrected chi connectivity index (χ3v) is 3.73. The maximum absolute atomic E-state index is 11.6. The standard InChI is InChI=1S/C12H14N4O3S/c1-6(2)16-11(19)14-15-12(16)20-8-5-3-4-7(9(8)13)10(17)18/h3-6H,13H2,1-2H3,(H,14,19)(H,17,18). The predicted molar refractivity (Wildman–Crippen MR) is 75.2 cm³/mol. The first kappa shape index (κ1) is 14.2. The normalized spacial score (nSPS) is 10.9. The van der Waals surface area contributed by atoms with E-state index in [4.69, 9.17) is 10.8 Å². The van der Waals surface area contributed by atoms with Gasteiger partial charge in [-0.25, -0.2) is 14.7 Å². The smallest absolute Gasteiger partial charge is 0.344 e. The van der Waals surface area contributed by atoms with Gasteiger partial charge < -0.3 is 10.8 Å². The molecule has 0 bridgehead atoms. The van der Waals surface area contributed by atoms with Gasteiger partial charge in [0.05, 0.1) is 11.3 Å². The van der Waals surface area contributed by atoms with Gasteiger partial charge in [0.15, 0.2) is 5.16 Å². The first-order chi connectivity index (χ1) is 9.41. The summed E-state index contributed by atoms with van der Waals surface area (Å²) < 4.78 is 1.48. The van der Waals surface area contributed by atoms with Crippen molar-refractivity contribution in [3.63, 3.8) is 0 Å². The highest BCUT2D eigenvalue weighted by atomic mass is 32.2. The maximum atomic E-state index is 11.6. The largest absolute Gasteiger partial charge is 0.478 e. The molecule has 106 valence electrons. The molecule has 1 aromatic heterocycles. The Morgan fingerprint density at radius 2 is 2.20 bits per heavy atom. The van der Waals surface area contributed by atoms with Crippen molar-refractivity contribution in [2.45, 2.75) is 29.9 Å². The topological polar surface area (TPSA) is 114 Å². The summed E-state index contributed by atoms with van der Waals surface area (Å²) in [5.41, 5.74) is 5.72. The molecule has 1 aromatic carbocycles. The minimum atomic E-state index is -1.09. The molecule has 0 aliphatic rings. The second-order valence-corrected chi connectivity index (χ2v) is 5.41. The number of nitrogens with two attached hydrogens (primary N) is 1. The van der Waals surface area contributed by atoms with Crippen LogP contribution in [0, 0.1) is 0 Å². The minimum absolute atomic E-state index is 0.0315. The van der Waals surface area contributed by atoms with Crippen molar-refractivity contribution < 1.29 is 9.90 Å². The van der Waals surface area contributed by atoms with Gasteiger partial charge in [0, 0.05) is 10.9 Å². The second kappa shape index (κ2) is 5.41. The van der Waals surface area contributed by atoms with Crippen molar-refractivity contribution in [2.24, 2.45) is 0 Å². The summed E-state index contributed by atoms with van der Waals surface area (Å²) in [4.78, 5) is 23.2. The van der Waals surface area contributed by atoms with Gasteiger partial charge in [0.2, 0.25) is 0 Å². The van der Waals surface area contributed by atoms with Gasteiger partial charge in [-0.2, -0.15) is 0 Å². The summed E-state index contributed by atoms with van der Waals surface area (Å²) in [5.74, 6) is -1.09. The maximum Gasteiger partial charge on any atom is 0.344 e. The van der Waals surface area contributed by atoms with Crippen molar-refractivity contribution in [3.8, 4) is 0 Å². The van der Waals surface area contributed by atoms with E-state index in [2.05, 4.69) is 10.2 Å². The first-order valence-corrected chi connectivity index (χ1v) is 6.70. The van der Waals surface area contributed by atoms with E-state index in [1.807, 2.05) is 13.8 Å². The van der Waals surface area contributed by atoms with Crippen LogP contribution in [0.25, 0.3) is 0 Å². The lowest BCUT2D eigenvalue weighted by Crippen LogP contribution is -2.19. The number of aromatic nitrogens is 3. The van der Waals surface area contributed by atoms with Gasteiger partial charge >= 0.3 is 11.7 Å². The molecular weight excluding hydrogens is 280 g/mol. The van der Waals surface area contributed by atoms with E-state index in [1.165, 1.54) is 10.6 Å². The Balaban J connectivity index is 2.44. The molecule has 0 spiro atoms. The van der Waals surface area contributed by atoms with Gasteiger partial charge in [0.25, 0.3) is 0 Å². The number of anilines is 1. The first-order valence-electron chi connectivity index (χ1n) is 5.88. The predicted octanol–water partition coefficient (Wildman–Crippen LogP) is 1.58. The lowest BCUT2D eigenvalue weighted by atomic mass is 10.2. The zero-order chi connectivity index (χ0) is 14.9. The number of aromatic amines is 1. The lowest BCUT2D eigenvalue weighted by Gasteiger charge is -2.10. The highest BCUT2D eigenvalue weighted by molar-refractivity contribution is 7.99. The number of aromatic carboxylic acids is 1. The zero-order valence-corrected chi connectivity index (χ0v) is 11.8. The van der Waals surface area contributed by atoms with Crippen molar-refractivity contribution >= 4 is 23.4 Å². The highest BCUT2D eigenvalue weighted by Gasteiger charge is 2.16. The van der Waals surface area contributed by atoms with E-state index in [1.54, 1.807) is 12.1 Å². The molecular formula is C12H14N4O3S. The molecule has 7 nitrogen and oxygen atoms in total. The van der Waals surface area contributed by atoms with Crippen molar-refractivity contribution in [3.05, 3.63) is 34.2 Å². The van der Waals surface area contributed by atoms with Crippen LogP contribution in [0.4, 0.5) is 5.69 Å². The number of nitrogens with one attached hydrogen (secondary N) is 1. The molecule has 4 N–H and O–H groups in total. The van der Waals surface area contributed by atoms with E-state index < -0.39 is 5.97 Å². The molecule has 2 rings (SSSR count). The number of nitrogens with zero attached hydrogens (tertiary/aromatic N) is 2. The molecule has 8 heteroatoms. The summed E-state index contributed by atoms with van der Waals surface area (Å²) in [6.45, 7) is 3.72. The number of carboxylic acid groups (broad SMARTS) is 1. The monoisotopic (exact) mass is 294 g/mol. The van der Waals surface area contributed by atoms with Crippen LogP contribution in [0.15, 0.2) is 33.0 Å². The molecule has 0 radical (unpaired) electrons. The summed E-state index contributed by atoms with van der Waals surface area (Å²) in [5, 5.41) is 15.8. The van der Waals surface area contributed by atoms with Crippen LogP contribution >= 0.6 is 11.8 Å². The summed E-state index contributed by atoms with van der Waals surface area (Å²) in [6, 6.07) is 4.66. The fourth-order valence-electron chi connectivity index (χ4n) is 1.74. The van der Waals surface area contributed by atoms with Gasteiger partial charge in [-0.1, -0.05) is 6.07 Å². The van der Waals surface area contributed by atoms with E-state index in [0.29, 0.717) is 10.1 Å². The molecule has 0 atom stereocenters. The Morgan fingerprint density at radius 1 is 1.50 bits per heavy atom. The molecule has 0 saturated carbocycles. The van der Waals surface area contributed by atoms with Gasteiger partial charge in [-0.15, -0.1) is 5.10 Å². The SMILES string of the molecule is CC(C)n1c(Sc2cccc(C(=O)O)c2N)n[nH]c1=O. The van der Waals surface area contributed by atoms with Crippen LogP contribution in [0.2, 0.25) is 0 Å². The van der Waals surface area contributed by atoms with E-state index in [0.717, 1.165) is 11.8 Å². The number of hydrogen-bond acceptors (Lipinski definition) is 5. The molecule has 1 heterocycles. The molecule has 0 saturated heterocycles. The summed E-state index contributed by atoms with van der Waals surface area (Å²) >= 11 is 1.15. The van der Waals surface area contributed by atoms with Gasteiger partial charge in [0.1, 0.15) is 0 Å². The number of carbonyl (C=O) groups is 1. The van der Waals surface area contributed by atoms with Crippen LogP contribution in [0.5, 0.6) is 0 Å². The van der Waals surface area contributed by atoms with Gasteiger partial charge in [-0.3, -0.25) is 4.57 Å². The quantitative estimate of drug-likeness (QED) is 0.738.